The Balaban J connectivity index is 1.72. The third kappa shape index (κ3) is 3.70. The molecule has 0 saturated carbocycles. The molecule has 5 nitrogen and oxygen atoms in total. The molecule has 23 heavy (non-hydrogen) atoms. The topological polar surface area (TPSA) is 73.1 Å². The van der Waals surface area contributed by atoms with E-state index in [2.05, 4.69) is 15.3 Å². The van der Waals surface area contributed by atoms with Crippen molar-refractivity contribution in [1.82, 2.24) is 9.97 Å². The number of ether oxygens (including phenoxy) is 1. The highest BCUT2D eigenvalue weighted by atomic mass is 35.5. The van der Waals surface area contributed by atoms with E-state index in [1.54, 1.807) is 36.8 Å². The van der Waals surface area contributed by atoms with E-state index < -0.39 is 0 Å². The first-order valence-electron chi connectivity index (χ1n) is 6.98. The van der Waals surface area contributed by atoms with Crippen LogP contribution in [0.2, 0.25) is 5.02 Å². The Morgan fingerprint density at radius 3 is 2.70 bits per heavy atom. The molecule has 0 spiro atoms. The normalized spacial score (nSPS) is 10.3. The number of nitrogens with two attached hydrogens (primary N) is 1. The van der Waals surface area contributed by atoms with Gasteiger partial charge in [-0.05, 0) is 36.8 Å². The third-order valence-corrected chi connectivity index (χ3v) is 3.64. The molecule has 2 aromatic heterocycles. The van der Waals surface area contributed by atoms with Crippen molar-refractivity contribution in [2.75, 3.05) is 11.1 Å². The first-order chi connectivity index (χ1) is 11.1. The number of hydrogen-bond donors (Lipinski definition) is 2. The number of pyridine rings is 2. The van der Waals surface area contributed by atoms with Gasteiger partial charge in [0, 0.05) is 17.3 Å². The van der Waals surface area contributed by atoms with Crippen molar-refractivity contribution in [3.63, 3.8) is 0 Å². The van der Waals surface area contributed by atoms with Crippen molar-refractivity contribution in [2.45, 2.75) is 6.92 Å². The van der Waals surface area contributed by atoms with E-state index in [4.69, 9.17) is 22.1 Å². The van der Waals surface area contributed by atoms with Crippen LogP contribution < -0.4 is 15.8 Å². The van der Waals surface area contributed by atoms with Gasteiger partial charge in [-0.2, -0.15) is 0 Å². The zero-order valence-corrected chi connectivity index (χ0v) is 13.2. The fraction of sp³-hybridized carbons (Fsp3) is 0.0588. The lowest BCUT2D eigenvalue weighted by Gasteiger charge is -2.10. The molecule has 0 saturated heterocycles. The molecule has 1 aromatic carbocycles. The number of aryl methyl sites for hydroxylation is 1. The largest absolute Gasteiger partial charge is 0.439 e. The number of nitrogens with one attached hydrogen (secondary N) is 1. The van der Waals surface area contributed by atoms with Crippen LogP contribution in [0.15, 0.2) is 55.0 Å². The zero-order valence-electron chi connectivity index (χ0n) is 12.5. The van der Waals surface area contributed by atoms with Gasteiger partial charge in [-0.25, -0.2) is 4.98 Å². The smallest absolute Gasteiger partial charge is 0.219 e. The average Bonchev–Trinajstić information content (AvgIpc) is 2.55. The van der Waals surface area contributed by atoms with Gasteiger partial charge in [0.25, 0.3) is 0 Å². The van der Waals surface area contributed by atoms with E-state index in [0.29, 0.717) is 22.3 Å². The second-order valence-electron chi connectivity index (χ2n) is 4.99. The van der Waals surface area contributed by atoms with Gasteiger partial charge in [0.05, 0.1) is 29.5 Å². The Morgan fingerprint density at radius 1 is 1.13 bits per heavy atom. The van der Waals surface area contributed by atoms with Crippen LogP contribution >= 0.6 is 11.6 Å². The Labute approximate surface area is 139 Å². The fourth-order valence-corrected chi connectivity index (χ4v) is 2.12. The summed E-state index contributed by atoms with van der Waals surface area (Å²) in [7, 11) is 0. The van der Waals surface area contributed by atoms with Crippen LogP contribution in [-0.4, -0.2) is 9.97 Å². The van der Waals surface area contributed by atoms with Crippen molar-refractivity contribution in [3.05, 3.63) is 65.6 Å². The van der Waals surface area contributed by atoms with Crippen LogP contribution in [0.3, 0.4) is 0 Å². The van der Waals surface area contributed by atoms with Gasteiger partial charge in [0.15, 0.2) is 0 Å². The maximum Gasteiger partial charge on any atom is 0.219 e. The number of nitrogen functional groups attached to an aromatic ring is 1. The summed E-state index contributed by atoms with van der Waals surface area (Å²) in [6.07, 6.45) is 4.93. The number of hydrogen-bond acceptors (Lipinski definition) is 5. The Kier molecular flexibility index (Phi) is 4.30. The maximum absolute atomic E-state index is 6.08. The number of benzene rings is 1. The highest BCUT2D eigenvalue weighted by Gasteiger charge is 2.03. The van der Waals surface area contributed by atoms with Crippen LogP contribution in [0.25, 0.3) is 0 Å². The summed E-state index contributed by atoms with van der Waals surface area (Å²) in [5.74, 6) is 1.13. The van der Waals surface area contributed by atoms with Gasteiger partial charge < -0.3 is 15.8 Å². The molecule has 2 heterocycles. The molecule has 0 fully saturated rings. The summed E-state index contributed by atoms with van der Waals surface area (Å²) in [5, 5.41) is 3.84. The van der Waals surface area contributed by atoms with Gasteiger partial charge in [0.2, 0.25) is 5.88 Å². The molecule has 0 unspecified atom stereocenters. The zero-order chi connectivity index (χ0) is 16.2. The number of halogens is 1. The second-order valence-corrected chi connectivity index (χ2v) is 5.39. The van der Waals surface area contributed by atoms with E-state index in [9.17, 15) is 0 Å². The summed E-state index contributed by atoms with van der Waals surface area (Å²) in [5.41, 5.74) is 9.00. The molecule has 0 amide bonds. The molecular weight excluding hydrogens is 312 g/mol. The minimum Gasteiger partial charge on any atom is -0.439 e. The molecule has 0 atom stereocenters. The fourth-order valence-electron chi connectivity index (χ4n) is 1.95. The van der Waals surface area contributed by atoms with Crippen LogP contribution in [-0.2, 0) is 0 Å². The van der Waals surface area contributed by atoms with E-state index >= 15 is 0 Å². The lowest BCUT2D eigenvalue weighted by molar-refractivity contribution is 0.463. The predicted octanol–water partition coefficient (Wildman–Crippen LogP) is 4.56. The van der Waals surface area contributed by atoms with Gasteiger partial charge in [-0.3, -0.25) is 4.98 Å². The Bertz CT molecular complexity index is 821. The summed E-state index contributed by atoms with van der Waals surface area (Å²) in [6.45, 7) is 1.94. The highest BCUT2D eigenvalue weighted by molar-refractivity contribution is 6.31. The standard InChI is InChI=1S/C17H15ClN4O/c1-11-2-4-13(8-14(11)18)23-17-5-3-12(9-21-17)22-16-6-7-20-10-15(16)19/h2-10H,19H2,1H3,(H,20,22). The molecular formula is C17H15ClN4O. The minimum atomic E-state index is 0.484. The van der Waals surface area contributed by atoms with Crippen molar-refractivity contribution in [2.24, 2.45) is 0 Å². The van der Waals surface area contributed by atoms with E-state index in [1.807, 2.05) is 25.1 Å². The van der Waals surface area contributed by atoms with Gasteiger partial charge in [-0.15, -0.1) is 0 Å². The van der Waals surface area contributed by atoms with Gasteiger partial charge in [-0.1, -0.05) is 17.7 Å². The molecule has 0 radical (unpaired) electrons. The highest BCUT2D eigenvalue weighted by Crippen LogP contribution is 2.27. The first-order valence-corrected chi connectivity index (χ1v) is 7.36. The molecule has 0 aliphatic rings. The summed E-state index contributed by atoms with van der Waals surface area (Å²) in [6, 6.07) is 11.0. The monoisotopic (exact) mass is 326 g/mol. The quantitative estimate of drug-likeness (QED) is 0.735. The molecule has 0 aliphatic heterocycles. The van der Waals surface area contributed by atoms with E-state index in [1.165, 1.54) is 0 Å². The van der Waals surface area contributed by atoms with Crippen molar-refractivity contribution in [1.29, 1.82) is 0 Å². The predicted molar refractivity (Wildman–Crippen MR) is 92.4 cm³/mol. The Morgan fingerprint density at radius 2 is 2.00 bits per heavy atom. The van der Waals surface area contributed by atoms with Crippen molar-refractivity contribution >= 4 is 28.7 Å². The number of anilines is 3. The summed E-state index contributed by atoms with van der Waals surface area (Å²) in [4.78, 5) is 8.22. The SMILES string of the molecule is Cc1ccc(Oc2ccc(Nc3ccncc3N)cn2)cc1Cl. The van der Waals surface area contributed by atoms with E-state index in [-0.39, 0.29) is 0 Å². The van der Waals surface area contributed by atoms with Crippen molar-refractivity contribution in [3.8, 4) is 11.6 Å². The lowest BCUT2D eigenvalue weighted by atomic mass is 10.2. The Hall–Kier alpha value is -2.79. The van der Waals surface area contributed by atoms with Crippen LogP contribution in [0.1, 0.15) is 5.56 Å². The summed E-state index contributed by atoms with van der Waals surface area (Å²) < 4.78 is 5.69. The van der Waals surface area contributed by atoms with Gasteiger partial charge in [0.1, 0.15) is 5.75 Å². The number of nitrogens with zero attached hydrogens (tertiary/aromatic N) is 2. The molecule has 116 valence electrons. The lowest BCUT2D eigenvalue weighted by Crippen LogP contribution is -1.97. The molecule has 0 bridgehead atoms. The molecule has 3 aromatic rings. The van der Waals surface area contributed by atoms with Gasteiger partial charge >= 0.3 is 0 Å². The molecule has 0 aliphatic carbocycles. The number of rotatable bonds is 4. The van der Waals surface area contributed by atoms with Crippen molar-refractivity contribution < 1.29 is 4.74 Å². The minimum absolute atomic E-state index is 0.484. The van der Waals surface area contributed by atoms with Crippen LogP contribution in [0, 0.1) is 6.92 Å². The van der Waals surface area contributed by atoms with Crippen LogP contribution in [0.4, 0.5) is 17.1 Å². The average molecular weight is 327 g/mol. The second kappa shape index (κ2) is 6.54. The molecule has 3 N–H and O–H groups in total. The molecule has 3 rings (SSSR count). The third-order valence-electron chi connectivity index (χ3n) is 3.23. The first kappa shape index (κ1) is 15.1. The number of aromatic nitrogens is 2. The summed E-state index contributed by atoms with van der Waals surface area (Å²) >= 11 is 6.08. The maximum atomic E-state index is 6.08. The van der Waals surface area contributed by atoms with E-state index in [0.717, 1.165) is 16.9 Å². The van der Waals surface area contributed by atoms with Crippen LogP contribution in [0.5, 0.6) is 11.6 Å². The molecule has 6 heteroatoms.